The molecule has 2 rings (SSSR count). The van der Waals surface area contributed by atoms with E-state index in [1.165, 1.54) is 0 Å². The van der Waals surface area contributed by atoms with E-state index >= 15 is 0 Å². The molecule has 1 aromatic heterocycles. The highest BCUT2D eigenvalue weighted by Gasteiger charge is 2.29. The minimum atomic E-state index is -1.65. The van der Waals surface area contributed by atoms with E-state index in [0.29, 0.717) is 6.04 Å². The third-order valence-electron chi connectivity index (χ3n) is 3.39. The maximum absolute atomic E-state index is 13.3. The van der Waals surface area contributed by atoms with E-state index in [2.05, 4.69) is 15.2 Å². The summed E-state index contributed by atoms with van der Waals surface area (Å²) in [5.41, 5.74) is -0.805. The van der Waals surface area contributed by atoms with Gasteiger partial charge in [-0.25, -0.2) is 0 Å². The number of hydrogen-bond acceptors (Lipinski definition) is 3. The van der Waals surface area contributed by atoms with E-state index in [1.807, 2.05) is 14.0 Å². The van der Waals surface area contributed by atoms with Gasteiger partial charge in [-0.3, -0.25) is 4.90 Å². The number of halogens is 4. The molecule has 1 aliphatic rings. The molecular formula is C12H15F4N3. The van der Waals surface area contributed by atoms with Crippen molar-refractivity contribution in [2.24, 2.45) is 0 Å². The van der Waals surface area contributed by atoms with E-state index in [9.17, 15) is 17.6 Å². The van der Waals surface area contributed by atoms with E-state index in [0.717, 1.165) is 12.8 Å². The Bertz CT molecular complexity index is 450. The molecule has 0 amide bonds. The molecule has 19 heavy (non-hydrogen) atoms. The molecule has 0 bridgehead atoms. The standard InChI is InChI=1S/C12H15F4N3/c1-6(19(2)7-3-4-7)5-17-10-8(13)11(15)18-12(16)9(10)14/h6-7H,3-5H2,1-2H3,(H,17,18). The van der Waals surface area contributed by atoms with Crippen molar-refractivity contribution in [1.82, 2.24) is 9.88 Å². The molecule has 1 aromatic rings. The number of rotatable bonds is 5. The maximum Gasteiger partial charge on any atom is 0.253 e. The number of nitrogens with one attached hydrogen (secondary N) is 1. The van der Waals surface area contributed by atoms with Gasteiger partial charge in [0, 0.05) is 18.6 Å². The van der Waals surface area contributed by atoms with Gasteiger partial charge >= 0.3 is 0 Å². The summed E-state index contributed by atoms with van der Waals surface area (Å²) >= 11 is 0. The van der Waals surface area contributed by atoms with Crippen molar-refractivity contribution in [2.75, 3.05) is 18.9 Å². The average molecular weight is 277 g/mol. The SMILES string of the molecule is CC(CNc1c(F)c(F)nc(F)c1F)N(C)C1CC1. The second kappa shape index (κ2) is 5.32. The van der Waals surface area contributed by atoms with Crippen LogP contribution in [0.4, 0.5) is 23.2 Å². The van der Waals surface area contributed by atoms with Crippen LogP contribution >= 0.6 is 0 Å². The summed E-state index contributed by atoms with van der Waals surface area (Å²) in [5, 5.41) is 2.41. The van der Waals surface area contributed by atoms with Gasteiger partial charge in [-0.1, -0.05) is 0 Å². The molecule has 1 fully saturated rings. The predicted octanol–water partition coefficient (Wildman–Crippen LogP) is 2.53. The summed E-state index contributed by atoms with van der Waals surface area (Å²) in [4.78, 5) is 4.57. The largest absolute Gasteiger partial charge is 0.378 e. The molecule has 1 heterocycles. The Kier molecular flexibility index (Phi) is 3.93. The van der Waals surface area contributed by atoms with Crippen LogP contribution in [0.25, 0.3) is 0 Å². The van der Waals surface area contributed by atoms with Crippen molar-refractivity contribution < 1.29 is 17.6 Å². The Morgan fingerprint density at radius 1 is 1.21 bits per heavy atom. The first-order valence-electron chi connectivity index (χ1n) is 6.07. The first kappa shape index (κ1) is 14.0. The topological polar surface area (TPSA) is 28.2 Å². The van der Waals surface area contributed by atoms with Gasteiger partial charge in [-0.2, -0.15) is 22.5 Å². The van der Waals surface area contributed by atoms with Crippen LogP contribution in [-0.4, -0.2) is 35.6 Å². The summed E-state index contributed by atoms with van der Waals surface area (Å²) in [7, 11) is 1.91. The Morgan fingerprint density at radius 3 is 2.21 bits per heavy atom. The van der Waals surface area contributed by atoms with Gasteiger partial charge < -0.3 is 5.32 Å². The van der Waals surface area contributed by atoms with Crippen LogP contribution in [0.5, 0.6) is 0 Å². The molecule has 0 aromatic carbocycles. The smallest absolute Gasteiger partial charge is 0.253 e. The lowest BCUT2D eigenvalue weighted by Crippen LogP contribution is -2.36. The fourth-order valence-electron chi connectivity index (χ4n) is 1.88. The Labute approximate surface area is 108 Å². The zero-order valence-corrected chi connectivity index (χ0v) is 10.7. The summed E-state index contributed by atoms with van der Waals surface area (Å²) in [6.45, 7) is 2.05. The molecule has 0 aliphatic heterocycles. The van der Waals surface area contributed by atoms with Gasteiger partial charge in [-0.05, 0) is 26.8 Å². The van der Waals surface area contributed by atoms with E-state index < -0.39 is 29.2 Å². The van der Waals surface area contributed by atoms with E-state index in [1.54, 1.807) is 0 Å². The molecule has 1 N–H and O–H groups in total. The van der Waals surface area contributed by atoms with Crippen LogP contribution in [0.15, 0.2) is 0 Å². The molecule has 0 radical (unpaired) electrons. The highest BCUT2D eigenvalue weighted by Crippen LogP contribution is 2.27. The molecule has 1 unspecified atom stereocenters. The van der Waals surface area contributed by atoms with Gasteiger partial charge in [0.25, 0.3) is 11.9 Å². The Balaban J connectivity index is 2.06. The fourth-order valence-corrected chi connectivity index (χ4v) is 1.88. The minimum Gasteiger partial charge on any atom is -0.378 e. The lowest BCUT2D eigenvalue weighted by molar-refractivity contribution is 0.257. The lowest BCUT2D eigenvalue weighted by atomic mass is 10.2. The van der Waals surface area contributed by atoms with Crippen molar-refractivity contribution >= 4 is 5.69 Å². The van der Waals surface area contributed by atoms with Crippen molar-refractivity contribution in [1.29, 1.82) is 0 Å². The van der Waals surface area contributed by atoms with Crippen molar-refractivity contribution in [2.45, 2.75) is 31.8 Å². The predicted molar refractivity (Wildman–Crippen MR) is 62.8 cm³/mol. The highest BCUT2D eigenvalue weighted by atomic mass is 19.2. The number of likely N-dealkylation sites (N-methyl/N-ethyl adjacent to an activating group) is 1. The van der Waals surface area contributed by atoms with Crippen LogP contribution in [0.3, 0.4) is 0 Å². The van der Waals surface area contributed by atoms with Crippen molar-refractivity contribution in [3.63, 3.8) is 0 Å². The summed E-state index contributed by atoms with van der Waals surface area (Å²) in [5.74, 6) is -6.30. The van der Waals surface area contributed by atoms with Gasteiger partial charge in [0.15, 0.2) is 0 Å². The number of anilines is 1. The molecule has 0 spiro atoms. The van der Waals surface area contributed by atoms with Crippen LogP contribution in [0.1, 0.15) is 19.8 Å². The van der Waals surface area contributed by atoms with Gasteiger partial charge in [0.1, 0.15) is 5.69 Å². The molecule has 3 nitrogen and oxygen atoms in total. The highest BCUT2D eigenvalue weighted by molar-refractivity contribution is 5.45. The van der Waals surface area contributed by atoms with Gasteiger partial charge in [0.05, 0.1) is 0 Å². The third-order valence-corrected chi connectivity index (χ3v) is 3.39. The van der Waals surface area contributed by atoms with Gasteiger partial charge in [-0.15, -0.1) is 0 Å². The summed E-state index contributed by atoms with van der Waals surface area (Å²) < 4.78 is 52.5. The molecule has 1 atom stereocenters. The monoisotopic (exact) mass is 277 g/mol. The minimum absolute atomic E-state index is 0.00872. The molecule has 0 saturated heterocycles. The zero-order valence-electron chi connectivity index (χ0n) is 10.7. The van der Waals surface area contributed by atoms with Crippen LogP contribution < -0.4 is 5.32 Å². The second-order valence-corrected chi connectivity index (χ2v) is 4.82. The first-order valence-corrected chi connectivity index (χ1v) is 6.07. The molecule has 1 saturated carbocycles. The van der Waals surface area contributed by atoms with Crippen LogP contribution in [0.2, 0.25) is 0 Å². The zero-order chi connectivity index (χ0) is 14.2. The van der Waals surface area contributed by atoms with Gasteiger partial charge in [0.2, 0.25) is 11.6 Å². The summed E-state index contributed by atoms with van der Waals surface area (Å²) in [6, 6.07) is 0.475. The average Bonchev–Trinajstić information content (AvgIpc) is 3.19. The molecule has 106 valence electrons. The van der Waals surface area contributed by atoms with Crippen molar-refractivity contribution in [3.8, 4) is 0 Å². The quantitative estimate of drug-likeness (QED) is 0.662. The maximum atomic E-state index is 13.3. The number of aromatic nitrogens is 1. The molecule has 1 aliphatic carbocycles. The molecular weight excluding hydrogens is 262 g/mol. The summed E-state index contributed by atoms with van der Waals surface area (Å²) in [6.07, 6.45) is 2.20. The normalized spacial score (nSPS) is 16.8. The second-order valence-electron chi connectivity index (χ2n) is 4.82. The van der Waals surface area contributed by atoms with Crippen LogP contribution in [0, 0.1) is 23.5 Å². The third kappa shape index (κ3) is 2.97. The number of pyridine rings is 1. The first-order chi connectivity index (χ1) is 8.91. The Hall–Kier alpha value is -1.37. The molecule has 7 heteroatoms. The number of hydrogen-bond donors (Lipinski definition) is 1. The van der Waals surface area contributed by atoms with Crippen molar-refractivity contribution in [3.05, 3.63) is 23.5 Å². The van der Waals surface area contributed by atoms with Crippen LogP contribution in [-0.2, 0) is 0 Å². The number of nitrogens with zero attached hydrogens (tertiary/aromatic N) is 2. The fraction of sp³-hybridized carbons (Fsp3) is 0.583. The lowest BCUT2D eigenvalue weighted by Gasteiger charge is -2.25. The van der Waals surface area contributed by atoms with E-state index in [4.69, 9.17) is 0 Å². The Morgan fingerprint density at radius 2 is 1.74 bits per heavy atom. The van der Waals surface area contributed by atoms with E-state index in [-0.39, 0.29) is 12.6 Å².